The van der Waals surface area contributed by atoms with Gasteiger partial charge in [0.15, 0.2) is 0 Å². The minimum atomic E-state index is -0.913. The molecule has 0 saturated heterocycles. The second-order valence-corrected chi connectivity index (χ2v) is 1.73. The third-order valence-electron chi connectivity index (χ3n) is 0.966. The van der Waals surface area contributed by atoms with Gasteiger partial charge in [-0.05, 0) is 13.3 Å². The fourth-order valence-corrected chi connectivity index (χ4v) is 0.290. The van der Waals surface area contributed by atoms with Crippen LogP contribution >= 0.6 is 0 Å². The Morgan fingerprint density at radius 3 is 2.67 bits per heavy atom. The predicted octanol–water partition coefficient (Wildman–Crippen LogP) is 0.438. The largest absolute Gasteiger partial charge is 0.457 e. The van der Waals surface area contributed by atoms with Crippen LogP contribution in [0.25, 0.3) is 0 Å². The van der Waals surface area contributed by atoms with Crippen molar-refractivity contribution >= 4 is 12.3 Å². The van der Waals surface area contributed by atoms with E-state index in [1.807, 2.05) is 6.92 Å². The summed E-state index contributed by atoms with van der Waals surface area (Å²) in [6, 6.07) is 0. The summed E-state index contributed by atoms with van der Waals surface area (Å²) in [4.78, 5) is 19.7. The molecular formula is C6H9O3. The number of hydrogen-bond donors (Lipinski definition) is 0. The van der Waals surface area contributed by atoms with Crippen molar-refractivity contribution in [2.45, 2.75) is 26.4 Å². The van der Waals surface area contributed by atoms with E-state index < -0.39 is 5.97 Å². The molecule has 1 radical (unpaired) electrons. The van der Waals surface area contributed by atoms with Gasteiger partial charge in [0.25, 0.3) is 0 Å². The molecule has 0 aliphatic rings. The van der Waals surface area contributed by atoms with Crippen molar-refractivity contribution in [1.29, 1.82) is 0 Å². The summed E-state index contributed by atoms with van der Waals surface area (Å²) in [5, 5.41) is 0. The summed E-state index contributed by atoms with van der Waals surface area (Å²) in [5.41, 5.74) is 0. The van der Waals surface area contributed by atoms with Gasteiger partial charge in [0.1, 0.15) is 0 Å². The average Bonchev–Trinajstić information content (AvgIpc) is 1.87. The number of carbonyl (C=O) groups is 1. The molecule has 0 bridgehead atoms. The maximum absolute atomic E-state index is 10.1. The number of ether oxygens (including phenoxy) is 1. The zero-order valence-electron chi connectivity index (χ0n) is 5.51. The average molecular weight is 129 g/mol. The van der Waals surface area contributed by atoms with E-state index in [1.165, 1.54) is 0 Å². The molecule has 0 aromatic carbocycles. The van der Waals surface area contributed by atoms with Gasteiger partial charge in [-0.3, -0.25) is 4.79 Å². The molecule has 1 unspecified atom stereocenters. The summed E-state index contributed by atoms with van der Waals surface area (Å²) in [6.07, 6.45) is 1.65. The predicted molar refractivity (Wildman–Crippen MR) is 31.5 cm³/mol. The molecule has 3 nitrogen and oxygen atoms in total. The van der Waals surface area contributed by atoms with Gasteiger partial charge in [-0.15, -0.1) is 0 Å². The second-order valence-electron chi connectivity index (χ2n) is 1.73. The van der Waals surface area contributed by atoms with Gasteiger partial charge in [0.05, 0.1) is 6.10 Å². The maximum atomic E-state index is 10.1. The van der Waals surface area contributed by atoms with Crippen LogP contribution < -0.4 is 0 Å². The van der Waals surface area contributed by atoms with E-state index >= 15 is 0 Å². The van der Waals surface area contributed by atoms with Gasteiger partial charge < -0.3 is 4.74 Å². The summed E-state index contributed by atoms with van der Waals surface area (Å²) in [7, 11) is 0. The van der Waals surface area contributed by atoms with Gasteiger partial charge >= 0.3 is 12.3 Å². The van der Waals surface area contributed by atoms with E-state index in [0.717, 1.165) is 6.29 Å². The van der Waals surface area contributed by atoms with Crippen LogP contribution in [0.15, 0.2) is 0 Å². The van der Waals surface area contributed by atoms with Crippen molar-refractivity contribution in [3.63, 3.8) is 0 Å². The quantitative estimate of drug-likeness (QED) is 0.410. The smallest absolute Gasteiger partial charge is 0.383 e. The first-order valence-electron chi connectivity index (χ1n) is 2.79. The summed E-state index contributed by atoms with van der Waals surface area (Å²) in [6.45, 7) is 3.58. The van der Waals surface area contributed by atoms with Crippen molar-refractivity contribution in [1.82, 2.24) is 0 Å². The lowest BCUT2D eigenvalue weighted by molar-refractivity contribution is -0.140. The van der Waals surface area contributed by atoms with Crippen LogP contribution in [0.1, 0.15) is 20.3 Å². The molecule has 51 valence electrons. The lowest BCUT2D eigenvalue weighted by Crippen LogP contribution is -2.14. The zero-order valence-corrected chi connectivity index (χ0v) is 5.51. The van der Waals surface area contributed by atoms with Gasteiger partial charge in [-0.25, -0.2) is 4.79 Å². The molecule has 1 atom stereocenters. The van der Waals surface area contributed by atoms with Crippen LogP contribution in [-0.4, -0.2) is 18.4 Å². The first-order valence-corrected chi connectivity index (χ1v) is 2.79. The van der Waals surface area contributed by atoms with E-state index in [0.29, 0.717) is 6.42 Å². The van der Waals surface area contributed by atoms with Gasteiger partial charge in [0.2, 0.25) is 0 Å². The Morgan fingerprint density at radius 1 is 1.78 bits per heavy atom. The van der Waals surface area contributed by atoms with Gasteiger partial charge in [0, 0.05) is 0 Å². The van der Waals surface area contributed by atoms with Crippen LogP contribution in [0.5, 0.6) is 0 Å². The molecule has 0 heterocycles. The summed E-state index contributed by atoms with van der Waals surface area (Å²) < 4.78 is 4.49. The Hall–Kier alpha value is -0.860. The lowest BCUT2D eigenvalue weighted by atomic mass is 10.3. The van der Waals surface area contributed by atoms with Crippen molar-refractivity contribution in [3.8, 4) is 0 Å². The molecular weight excluding hydrogens is 120 g/mol. The van der Waals surface area contributed by atoms with E-state index in [4.69, 9.17) is 0 Å². The molecule has 0 N–H and O–H groups in total. The number of carbonyl (C=O) groups excluding carboxylic acids is 2. The van der Waals surface area contributed by atoms with Crippen LogP contribution in [-0.2, 0) is 14.3 Å². The monoisotopic (exact) mass is 129 g/mol. The molecule has 3 heteroatoms. The minimum absolute atomic E-state index is 0.182. The van der Waals surface area contributed by atoms with Crippen molar-refractivity contribution < 1.29 is 14.3 Å². The fraction of sp³-hybridized carbons (Fsp3) is 0.667. The first kappa shape index (κ1) is 8.14. The second kappa shape index (κ2) is 4.06. The standard InChI is InChI=1S/C6H9O3/c1-3-5(2)9-6(8)4-7/h5H,3H2,1-2H3. The van der Waals surface area contributed by atoms with Crippen LogP contribution in [0.2, 0.25) is 0 Å². The first-order chi connectivity index (χ1) is 4.20. The summed E-state index contributed by atoms with van der Waals surface area (Å²) >= 11 is 0. The van der Waals surface area contributed by atoms with Gasteiger partial charge in [-0.2, -0.15) is 0 Å². The Labute approximate surface area is 54.0 Å². The van der Waals surface area contributed by atoms with E-state index in [-0.39, 0.29) is 6.10 Å². The van der Waals surface area contributed by atoms with Gasteiger partial charge in [-0.1, -0.05) is 6.92 Å². The molecule has 0 aliphatic carbocycles. The lowest BCUT2D eigenvalue weighted by Gasteiger charge is -2.05. The van der Waals surface area contributed by atoms with E-state index in [1.54, 1.807) is 6.92 Å². The highest BCUT2D eigenvalue weighted by Gasteiger charge is 2.05. The molecule has 0 fully saturated rings. The van der Waals surface area contributed by atoms with Crippen molar-refractivity contribution in [2.24, 2.45) is 0 Å². The third kappa shape index (κ3) is 3.70. The van der Waals surface area contributed by atoms with E-state index in [9.17, 15) is 9.59 Å². The Kier molecular flexibility index (Phi) is 3.67. The SMILES string of the molecule is CCC(C)OC(=O)[C]=O. The highest BCUT2D eigenvalue weighted by molar-refractivity contribution is 6.20. The normalized spacial score (nSPS) is 12.2. The van der Waals surface area contributed by atoms with Crippen molar-refractivity contribution in [2.75, 3.05) is 0 Å². The Balaban J connectivity index is 3.46. The highest BCUT2D eigenvalue weighted by Crippen LogP contribution is 1.93. The number of esters is 1. The minimum Gasteiger partial charge on any atom is -0.457 e. The summed E-state index contributed by atoms with van der Waals surface area (Å²) in [5.74, 6) is -0.913. The molecule has 9 heavy (non-hydrogen) atoms. The third-order valence-corrected chi connectivity index (χ3v) is 0.966. The molecule has 0 spiro atoms. The topological polar surface area (TPSA) is 43.4 Å². The molecule has 0 aliphatic heterocycles. The Morgan fingerprint density at radius 2 is 2.33 bits per heavy atom. The van der Waals surface area contributed by atoms with Crippen molar-refractivity contribution in [3.05, 3.63) is 0 Å². The zero-order chi connectivity index (χ0) is 7.28. The highest BCUT2D eigenvalue weighted by atomic mass is 16.5. The maximum Gasteiger partial charge on any atom is 0.383 e. The number of rotatable bonds is 3. The van der Waals surface area contributed by atoms with E-state index in [2.05, 4.69) is 4.74 Å². The molecule has 0 saturated carbocycles. The molecule has 0 rings (SSSR count). The molecule has 0 amide bonds. The molecule has 0 aromatic heterocycles. The molecule has 0 aromatic rings. The van der Waals surface area contributed by atoms with Crippen LogP contribution in [0, 0.1) is 0 Å². The Bertz CT molecular complexity index is 109. The van der Waals surface area contributed by atoms with Crippen LogP contribution in [0.3, 0.4) is 0 Å². The number of hydrogen-bond acceptors (Lipinski definition) is 3. The van der Waals surface area contributed by atoms with Crippen LogP contribution in [0.4, 0.5) is 0 Å². The fourth-order valence-electron chi connectivity index (χ4n) is 0.290.